The molecular formula is C22H24N2O4S. The number of ether oxygens (including phenoxy) is 1. The summed E-state index contributed by atoms with van der Waals surface area (Å²) < 4.78 is 5.08. The number of benzene rings is 1. The maximum atomic E-state index is 12.6. The smallest absolute Gasteiger partial charge is 0.306 e. The van der Waals surface area contributed by atoms with E-state index in [0.29, 0.717) is 10.6 Å². The molecule has 1 heterocycles. The Morgan fingerprint density at radius 1 is 1.07 bits per heavy atom. The molecule has 2 aromatic rings. The zero-order valence-electron chi connectivity index (χ0n) is 16.9. The van der Waals surface area contributed by atoms with E-state index >= 15 is 0 Å². The molecule has 0 saturated carbocycles. The van der Waals surface area contributed by atoms with Crippen LogP contribution >= 0.6 is 11.3 Å². The van der Waals surface area contributed by atoms with Gasteiger partial charge in [-0.1, -0.05) is 6.07 Å². The summed E-state index contributed by atoms with van der Waals surface area (Å²) in [7, 11) is 0. The van der Waals surface area contributed by atoms with Gasteiger partial charge in [-0.25, -0.2) is 0 Å². The highest BCUT2D eigenvalue weighted by atomic mass is 32.1. The zero-order chi connectivity index (χ0) is 21.4. The SMILES string of the molecule is Cc1cc(C)cc(N(CCC#N)C(=O)COC(=O)CCC(=O)c2ccc(C)s2)c1. The largest absolute Gasteiger partial charge is 0.456 e. The third kappa shape index (κ3) is 6.84. The molecule has 0 fully saturated rings. The number of Topliss-reactive ketones (excluding diaryl/α,β-unsaturated/α-hetero) is 1. The zero-order valence-corrected chi connectivity index (χ0v) is 17.7. The van der Waals surface area contributed by atoms with E-state index in [0.717, 1.165) is 16.0 Å². The van der Waals surface area contributed by atoms with Crippen molar-refractivity contribution in [3.8, 4) is 6.07 Å². The highest BCUT2D eigenvalue weighted by Crippen LogP contribution is 2.20. The predicted octanol–water partition coefficient (Wildman–Crippen LogP) is 4.13. The highest BCUT2D eigenvalue weighted by Gasteiger charge is 2.19. The van der Waals surface area contributed by atoms with E-state index in [1.807, 2.05) is 51.1 Å². The number of ketones is 1. The third-order valence-corrected chi connectivity index (χ3v) is 5.24. The Labute approximate surface area is 174 Å². The molecule has 1 aromatic carbocycles. The Morgan fingerprint density at radius 3 is 2.34 bits per heavy atom. The summed E-state index contributed by atoms with van der Waals surface area (Å²) in [5.41, 5.74) is 2.66. The van der Waals surface area contributed by atoms with E-state index in [1.54, 1.807) is 6.07 Å². The minimum Gasteiger partial charge on any atom is -0.456 e. The number of amides is 1. The Hall–Kier alpha value is -2.98. The van der Waals surface area contributed by atoms with Crippen LogP contribution in [-0.4, -0.2) is 30.8 Å². The summed E-state index contributed by atoms with van der Waals surface area (Å²) in [4.78, 5) is 39.8. The van der Waals surface area contributed by atoms with Gasteiger partial charge in [0, 0.05) is 23.5 Å². The van der Waals surface area contributed by atoms with Crippen LogP contribution in [-0.2, 0) is 14.3 Å². The summed E-state index contributed by atoms with van der Waals surface area (Å²) in [6.45, 7) is 5.55. The molecule has 0 N–H and O–H groups in total. The van der Waals surface area contributed by atoms with Gasteiger partial charge in [0.15, 0.2) is 12.4 Å². The fraction of sp³-hybridized carbons (Fsp3) is 0.364. The monoisotopic (exact) mass is 412 g/mol. The third-order valence-electron chi connectivity index (χ3n) is 4.19. The quantitative estimate of drug-likeness (QED) is 0.456. The van der Waals surface area contributed by atoms with E-state index in [9.17, 15) is 14.4 Å². The lowest BCUT2D eigenvalue weighted by Gasteiger charge is -2.22. The first-order valence-corrected chi connectivity index (χ1v) is 10.1. The van der Waals surface area contributed by atoms with Crippen molar-refractivity contribution in [1.82, 2.24) is 0 Å². The predicted molar refractivity (Wildman–Crippen MR) is 112 cm³/mol. The van der Waals surface area contributed by atoms with Crippen molar-refractivity contribution in [3.05, 3.63) is 51.2 Å². The van der Waals surface area contributed by atoms with Crippen LogP contribution in [0.4, 0.5) is 5.69 Å². The van der Waals surface area contributed by atoms with Gasteiger partial charge in [0.1, 0.15) is 0 Å². The number of aryl methyl sites for hydroxylation is 3. The Balaban J connectivity index is 1.92. The van der Waals surface area contributed by atoms with Crippen molar-refractivity contribution in [3.63, 3.8) is 0 Å². The van der Waals surface area contributed by atoms with Crippen LogP contribution in [0.3, 0.4) is 0 Å². The van der Waals surface area contributed by atoms with Crippen molar-refractivity contribution < 1.29 is 19.1 Å². The second-order valence-electron chi connectivity index (χ2n) is 6.79. The summed E-state index contributed by atoms with van der Waals surface area (Å²) in [5.74, 6) is -1.11. The Morgan fingerprint density at radius 2 is 1.76 bits per heavy atom. The molecule has 0 aliphatic rings. The number of hydrogen-bond acceptors (Lipinski definition) is 6. The topological polar surface area (TPSA) is 87.5 Å². The number of nitrogens with zero attached hydrogens (tertiary/aromatic N) is 2. The average molecular weight is 413 g/mol. The molecule has 7 heteroatoms. The second kappa shape index (κ2) is 10.5. The number of thiophene rings is 1. The molecule has 1 amide bonds. The summed E-state index contributed by atoms with van der Waals surface area (Å²) in [6, 6.07) is 11.3. The van der Waals surface area contributed by atoms with Crippen molar-refractivity contribution in [2.45, 2.75) is 40.0 Å². The van der Waals surface area contributed by atoms with Crippen LogP contribution in [0.2, 0.25) is 0 Å². The Kier molecular flexibility index (Phi) is 8.10. The number of carbonyl (C=O) groups is 3. The molecular weight excluding hydrogens is 388 g/mol. The molecule has 0 saturated heterocycles. The van der Waals surface area contributed by atoms with Gasteiger partial charge < -0.3 is 9.64 Å². The van der Waals surface area contributed by atoms with Crippen molar-refractivity contribution in [2.75, 3.05) is 18.1 Å². The fourth-order valence-corrected chi connectivity index (χ4v) is 3.72. The van der Waals surface area contributed by atoms with Crippen LogP contribution in [0.15, 0.2) is 30.3 Å². The molecule has 152 valence electrons. The van der Waals surface area contributed by atoms with Gasteiger partial charge in [-0.3, -0.25) is 14.4 Å². The van der Waals surface area contributed by atoms with Gasteiger partial charge in [0.2, 0.25) is 0 Å². The number of esters is 1. The van der Waals surface area contributed by atoms with E-state index in [2.05, 4.69) is 0 Å². The molecule has 0 unspecified atom stereocenters. The summed E-state index contributed by atoms with van der Waals surface area (Å²) >= 11 is 1.39. The van der Waals surface area contributed by atoms with Crippen LogP contribution in [0.1, 0.15) is 44.9 Å². The molecule has 0 aliphatic heterocycles. The number of carbonyl (C=O) groups excluding carboxylic acids is 3. The minimum atomic E-state index is -0.597. The van der Waals surface area contributed by atoms with Crippen LogP contribution in [0, 0.1) is 32.1 Å². The van der Waals surface area contributed by atoms with Crippen molar-refractivity contribution in [2.24, 2.45) is 0 Å². The standard InChI is InChI=1S/C22H24N2O4S/c1-15-11-16(2)13-18(12-15)24(10-4-9-23)21(26)14-28-22(27)8-6-19(25)20-7-5-17(3)29-20/h5,7,11-13H,4,6,8,10,14H2,1-3H3. The Bertz CT molecular complexity index is 922. The summed E-state index contributed by atoms with van der Waals surface area (Å²) in [5, 5.41) is 8.88. The molecule has 0 spiro atoms. The fourth-order valence-electron chi connectivity index (χ4n) is 2.88. The molecule has 0 atom stereocenters. The second-order valence-corrected chi connectivity index (χ2v) is 8.08. The lowest BCUT2D eigenvalue weighted by molar-refractivity contribution is -0.147. The highest BCUT2D eigenvalue weighted by molar-refractivity contribution is 7.14. The van der Waals surface area contributed by atoms with Crippen molar-refractivity contribution >= 4 is 34.7 Å². The van der Waals surface area contributed by atoms with Gasteiger partial charge >= 0.3 is 5.97 Å². The van der Waals surface area contributed by atoms with Crippen LogP contribution in [0.25, 0.3) is 0 Å². The van der Waals surface area contributed by atoms with Gasteiger partial charge in [-0.05, 0) is 56.2 Å². The molecule has 0 radical (unpaired) electrons. The minimum absolute atomic E-state index is 0.0438. The number of nitriles is 1. The molecule has 0 aliphatic carbocycles. The van der Waals surface area contributed by atoms with E-state index in [1.165, 1.54) is 16.2 Å². The maximum Gasteiger partial charge on any atom is 0.306 e. The molecule has 1 aromatic heterocycles. The number of hydrogen-bond donors (Lipinski definition) is 0. The van der Waals surface area contributed by atoms with Gasteiger partial charge in [-0.15, -0.1) is 11.3 Å². The van der Waals surface area contributed by atoms with Gasteiger partial charge in [-0.2, -0.15) is 5.26 Å². The molecule has 0 bridgehead atoms. The number of rotatable bonds is 9. The number of anilines is 1. The lowest BCUT2D eigenvalue weighted by atomic mass is 10.1. The van der Waals surface area contributed by atoms with Gasteiger partial charge in [0.25, 0.3) is 5.91 Å². The molecule has 2 rings (SSSR count). The van der Waals surface area contributed by atoms with Gasteiger partial charge in [0.05, 0.1) is 23.8 Å². The van der Waals surface area contributed by atoms with E-state index < -0.39 is 18.5 Å². The first-order chi connectivity index (χ1) is 13.8. The van der Waals surface area contributed by atoms with Crippen molar-refractivity contribution in [1.29, 1.82) is 5.26 Å². The first kappa shape index (κ1) is 22.3. The lowest BCUT2D eigenvalue weighted by Crippen LogP contribution is -2.35. The molecule has 29 heavy (non-hydrogen) atoms. The van der Waals surface area contributed by atoms with E-state index in [-0.39, 0.29) is 31.6 Å². The summed E-state index contributed by atoms with van der Waals surface area (Å²) in [6.07, 6.45) is 0.133. The van der Waals surface area contributed by atoms with Crippen LogP contribution < -0.4 is 4.90 Å². The normalized spacial score (nSPS) is 10.3. The average Bonchev–Trinajstić information content (AvgIpc) is 3.10. The van der Waals surface area contributed by atoms with E-state index in [4.69, 9.17) is 10.00 Å². The van der Waals surface area contributed by atoms with Crippen LogP contribution in [0.5, 0.6) is 0 Å². The first-order valence-electron chi connectivity index (χ1n) is 9.31. The molecule has 6 nitrogen and oxygen atoms in total. The maximum absolute atomic E-state index is 12.6.